The Kier molecular flexibility index (Phi) is 3.99. The summed E-state index contributed by atoms with van der Waals surface area (Å²) in [7, 11) is 0. The number of rotatable bonds is 4. The van der Waals surface area contributed by atoms with Crippen molar-refractivity contribution in [3.05, 3.63) is 29.3 Å². The first-order valence-electron chi connectivity index (χ1n) is 7.96. The summed E-state index contributed by atoms with van der Waals surface area (Å²) >= 11 is 0. The molecule has 3 rings (SSSR count). The average Bonchev–Trinajstić information content (AvgIpc) is 3.28. The number of hydrogen-bond acceptors (Lipinski definition) is 3. The molecule has 1 saturated carbocycles. The highest BCUT2D eigenvalue weighted by Crippen LogP contribution is 2.35. The Hall–Kier alpha value is -1.06. The molecule has 2 fully saturated rings. The fraction of sp³-hybridized carbons (Fsp3) is 0.647. The van der Waals surface area contributed by atoms with Gasteiger partial charge in [0.15, 0.2) is 0 Å². The zero-order chi connectivity index (χ0) is 14.1. The summed E-state index contributed by atoms with van der Waals surface area (Å²) in [5, 5.41) is 0. The van der Waals surface area contributed by atoms with Crippen molar-refractivity contribution in [3.8, 4) is 0 Å². The molecule has 0 spiro atoms. The molecule has 3 heteroatoms. The SMILES string of the molecule is Cc1cccc(N2CCN(C(CN)C3CC3)CC2)c1C. The molecule has 0 amide bonds. The number of hydrogen-bond donors (Lipinski definition) is 1. The molecule has 1 aromatic rings. The van der Waals surface area contributed by atoms with E-state index in [1.807, 2.05) is 0 Å². The third kappa shape index (κ3) is 2.70. The van der Waals surface area contributed by atoms with E-state index in [2.05, 4.69) is 41.8 Å². The number of piperazine rings is 1. The van der Waals surface area contributed by atoms with Gasteiger partial charge in [-0.2, -0.15) is 0 Å². The van der Waals surface area contributed by atoms with Gasteiger partial charge in [0.05, 0.1) is 0 Å². The van der Waals surface area contributed by atoms with Gasteiger partial charge in [-0.05, 0) is 49.8 Å². The van der Waals surface area contributed by atoms with Gasteiger partial charge in [-0.3, -0.25) is 4.90 Å². The first-order chi connectivity index (χ1) is 9.70. The topological polar surface area (TPSA) is 32.5 Å². The monoisotopic (exact) mass is 273 g/mol. The molecule has 1 atom stereocenters. The van der Waals surface area contributed by atoms with Crippen LogP contribution in [0.25, 0.3) is 0 Å². The first-order valence-corrected chi connectivity index (χ1v) is 7.96. The number of benzene rings is 1. The van der Waals surface area contributed by atoms with E-state index >= 15 is 0 Å². The standard InChI is InChI=1S/C17H27N3/c1-13-4-3-5-16(14(13)2)19-8-10-20(11-9-19)17(12-18)15-6-7-15/h3-5,15,17H,6-12,18H2,1-2H3. The molecule has 0 aromatic heterocycles. The highest BCUT2D eigenvalue weighted by atomic mass is 15.3. The smallest absolute Gasteiger partial charge is 0.0399 e. The van der Waals surface area contributed by atoms with E-state index in [1.165, 1.54) is 29.7 Å². The maximum Gasteiger partial charge on any atom is 0.0399 e. The van der Waals surface area contributed by atoms with Gasteiger partial charge < -0.3 is 10.6 Å². The van der Waals surface area contributed by atoms with Gasteiger partial charge in [0.1, 0.15) is 0 Å². The van der Waals surface area contributed by atoms with Crippen LogP contribution in [0.2, 0.25) is 0 Å². The van der Waals surface area contributed by atoms with Crippen LogP contribution in [0, 0.1) is 19.8 Å². The quantitative estimate of drug-likeness (QED) is 0.912. The number of aryl methyl sites for hydroxylation is 1. The van der Waals surface area contributed by atoms with Gasteiger partial charge in [-0.1, -0.05) is 12.1 Å². The van der Waals surface area contributed by atoms with Gasteiger partial charge in [-0.25, -0.2) is 0 Å². The minimum Gasteiger partial charge on any atom is -0.369 e. The molecule has 1 saturated heterocycles. The lowest BCUT2D eigenvalue weighted by atomic mass is 10.1. The largest absolute Gasteiger partial charge is 0.369 e. The third-order valence-corrected chi connectivity index (χ3v) is 5.11. The van der Waals surface area contributed by atoms with E-state index in [0.717, 1.165) is 38.6 Å². The van der Waals surface area contributed by atoms with Crippen LogP contribution in [-0.2, 0) is 0 Å². The van der Waals surface area contributed by atoms with Crippen molar-refractivity contribution < 1.29 is 0 Å². The Bertz CT molecular complexity index is 459. The van der Waals surface area contributed by atoms with Crippen molar-refractivity contribution in [2.24, 2.45) is 11.7 Å². The lowest BCUT2D eigenvalue weighted by molar-refractivity contribution is 0.171. The van der Waals surface area contributed by atoms with Crippen molar-refractivity contribution in [1.29, 1.82) is 0 Å². The molecular weight excluding hydrogens is 246 g/mol. The van der Waals surface area contributed by atoms with Gasteiger partial charge in [0.2, 0.25) is 0 Å². The van der Waals surface area contributed by atoms with Crippen molar-refractivity contribution in [2.75, 3.05) is 37.6 Å². The minimum atomic E-state index is 0.635. The second kappa shape index (κ2) is 5.74. The van der Waals surface area contributed by atoms with Crippen molar-refractivity contribution in [3.63, 3.8) is 0 Å². The Morgan fingerprint density at radius 3 is 2.45 bits per heavy atom. The second-order valence-corrected chi connectivity index (χ2v) is 6.38. The van der Waals surface area contributed by atoms with Crippen molar-refractivity contribution in [1.82, 2.24) is 4.90 Å². The van der Waals surface area contributed by atoms with E-state index in [4.69, 9.17) is 5.73 Å². The van der Waals surface area contributed by atoms with Crippen LogP contribution in [-0.4, -0.2) is 43.7 Å². The molecule has 1 aliphatic heterocycles. The Morgan fingerprint density at radius 2 is 1.85 bits per heavy atom. The normalized spacial score (nSPS) is 22.1. The Labute approximate surface area is 122 Å². The van der Waals surface area contributed by atoms with Crippen molar-refractivity contribution in [2.45, 2.75) is 32.7 Å². The Balaban J connectivity index is 1.64. The van der Waals surface area contributed by atoms with Gasteiger partial charge >= 0.3 is 0 Å². The first kappa shape index (κ1) is 13.9. The third-order valence-electron chi connectivity index (χ3n) is 5.11. The summed E-state index contributed by atoms with van der Waals surface area (Å²) in [5.41, 5.74) is 10.2. The lowest BCUT2D eigenvalue weighted by Gasteiger charge is -2.40. The maximum absolute atomic E-state index is 5.98. The summed E-state index contributed by atoms with van der Waals surface area (Å²) in [6, 6.07) is 7.28. The molecule has 1 aliphatic carbocycles. The summed E-state index contributed by atoms with van der Waals surface area (Å²) in [5.74, 6) is 0.882. The van der Waals surface area contributed by atoms with E-state index in [9.17, 15) is 0 Å². The number of nitrogens with two attached hydrogens (primary N) is 1. The predicted octanol–water partition coefficient (Wildman–Crippen LogP) is 2.16. The minimum absolute atomic E-state index is 0.635. The fourth-order valence-electron chi connectivity index (χ4n) is 3.49. The van der Waals surface area contributed by atoms with Crippen LogP contribution in [0.1, 0.15) is 24.0 Å². The maximum atomic E-state index is 5.98. The van der Waals surface area contributed by atoms with E-state index < -0.39 is 0 Å². The van der Waals surface area contributed by atoms with Crippen LogP contribution in [0.4, 0.5) is 5.69 Å². The van der Waals surface area contributed by atoms with Crippen LogP contribution < -0.4 is 10.6 Å². The average molecular weight is 273 g/mol. The Morgan fingerprint density at radius 1 is 1.15 bits per heavy atom. The number of anilines is 1. The molecule has 1 unspecified atom stereocenters. The molecule has 1 aromatic carbocycles. The number of nitrogens with zero attached hydrogens (tertiary/aromatic N) is 2. The fourth-order valence-corrected chi connectivity index (χ4v) is 3.49. The highest BCUT2D eigenvalue weighted by Gasteiger charge is 2.35. The van der Waals surface area contributed by atoms with Gasteiger partial charge in [0.25, 0.3) is 0 Å². The molecule has 3 nitrogen and oxygen atoms in total. The lowest BCUT2D eigenvalue weighted by Crippen LogP contribution is -2.53. The molecule has 2 aliphatic rings. The molecule has 110 valence electrons. The second-order valence-electron chi connectivity index (χ2n) is 6.38. The predicted molar refractivity (Wildman–Crippen MR) is 85.3 cm³/mol. The summed E-state index contributed by atoms with van der Waals surface area (Å²) in [4.78, 5) is 5.17. The zero-order valence-electron chi connectivity index (χ0n) is 12.8. The van der Waals surface area contributed by atoms with E-state index in [-0.39, 0.29) is 0 Å². The molecule has 20 heavy (non-hydrogen) atoms. The van der Waals surface area contributed by atoms with E-state index in [1.54, 1.807) is 0 Å². The van der Waals surface area contributed by atoms with Crippen molar-refractivity contribution >= 4 is 5.69 Å². The molecular formula is C17H27N3. The van der Waals surface area contributed by atoms with Crippen LogP contribution in [0.15, 0.2) is 18.2 Å². The van der Waals surface area contributed by atoms with E-state index in [0.29, 0.717) is 6.04 Å². The summed E-state index contributed by atoms with van der Waals surface area (Å²) in [6.45, 7) is 9.85. The van der Waals surface area contributed by atoms with Crippen LogP contribution >= 0.6 is 0 Å². The highest BCUT2D eigenvalue weighted by molar-refractivity contribution is 5.56. The molecule has 2 N–H and O–H groups in total. The van der Waals surface area contributed by atoms with Gasteiger partial charge in [-0.15, -0.1) is 0 Å². The molecule has 0 radical (unpaired) electrons. The summed E-state index contributed by atoms with van der Waals surface area (Å²) < 4.78 is 0. The molecule has 1 heterocycles. The van der Waals surface area contributed by atoms with Gasteiger partial charge in [0, 0.05) is 44.5 Å². The summed E-state index contributed by atoms with van der Waals surface area (Å²) in [6.07, 6.45) is 2.78. The van der Waals surface area contributed by atoms with Crippen LogP contribution in [0.3, 0.4) is 0 Å². The zero-order valence-corrected chi connectivity index (χ0v) is 12.8. The van der Waals surface area contributed by atoms with Crippen LogP contribution in [0.5, 0.6) is 0 Å². The molecule has 0 bridgehead atoms.